The molecule has 0 radical (unpaired) electrons. The van der Waals surface area contributed by atoms with E-state index >= 15 is 0 Å². The highest BCUT2D eigenvalue weighted by Gasteiger charge is 2.39. The molecule has 0 rings (SSSR count). The number of ether oxygens (including phenoxy) is 1. The van der Waals surface area contributed by atoms with E-state index in [2.05, 4.69) is 0 Å². The average Bonchev–Trinajstić information content (AvgIpc) is 1.96. The molecule has 3 N–H and O–H groups in total. The van der Waals surface area contributed by atoms with Crippen LogP contribution in [0.4, 0.5) is 4.79 Å². The minimum absolute atomic E-state index is 0.0916. The van der Waals surface area contributed by atoms with Gasteiger partial charge in [-0.25, -0.2) is 9.59 Å². The molecule has 1 unspecified atom stereocenters. The molecule has 6 heteroatoms. The summed E-state index contributed by atoms with van der Waals surface area (Å²) in [7, 11) is 0. The van der Waals surface area contributed by atoms with Gasteiger partial charge in [-0.3, -0.25) is 5.32 Å². The average molecular weight is 247 g/mol. The van der Waals surface area contributed by atoms with Crippen LogP contribution in [0.15, 0.2) is 0 Å². The van der Waals surface area contributed by atoms with E-state index in [1.54, 1.807) is 34.6 Å². The lowest BCUT2D eigenvalue weighted by atomic mass is 10.0. The van der Waals surface area contributed by atoms with Crippen LogP contribution in [0, 0.1) is 5.92 Å². The zero-order chi connectivity index (χ0) is 13.9. The van der Waals surface area contributed by atoms with Gasteiger partial charge in [-0.05, 0) is 26.7 Å². The van der Waals surface area contributed by atoms with E-state index in [4.69, 9.17) is 9.84 Å². The number of amides is 1. The SMILES string of the molecule is CC(C)CC(O)(NC(=O)OC(C)(C)C)C(=O)O. The molecule has 6 nitrogen and oxygen atoms in total. The smallest absolute Gasteiger partial charge is 0.410 e. The van der Waals surface area contributed by atoms with Crippen LogP contribution >= 0.6 is 0 Å². The summed E-state index contributed by atoms with van der Waals surface area (Å²) in [6.07, 6.45) is -1.05. The van der Waals surface area contributed by atoms with Crippen molar-refractivity contribution in [1.29, 1.82) is 0 Å². The van der Waals surface area contributed by atoms with Crippen LogP contribution in [-0.4, -0.2) is 33.6 Å². The van der Waals surface area contributed by atoms with Crippen molar-refractivity contribution in [3.63, 3.8) is 0 Å². The van der Waals surface area contributed by atoms with Gasteiger partial charge in [-0.1, -0.05) is 13.8 Å². The minimum Gasteiger partial charge on any atom is -0.478 e. The molecule has 0 bridgehead atoms. The summed E-state index contributed by atoms with van der Waals surface area (Å²) in [5, 5.41) is 20.7. The Morgan fingerprint density at radius 3 is 2.06 bits per heavy atom. The first-order valence-corrected chi connectivity index (χ1v) is 5.43. The van der Waals surface area contributed by atoms with Crippen molar-refractivity contribution in [2.24, 2.45) is 5.92 Å². The van der Waals surface area contributed by atoms with Crippen molar-refractivity contribution >= 4 is 12.1 Å². The second-order valence-electron chi connectivity index (χ2n) is 5.39. The van der Waals surface area contributed by atoms with Gasteiger partial charge in [0, 0.05) is 6.42 Å². The summed E-state index contributed by atoms with van der Waals surface area (Å²) < 4.78 is 4.89. The zero-order valence-electron chi connectivity index (χ0n) is 10.9. The van der Waals surface area contributed by atoms with Gasteiger partial charge >= 0.3 is 12.1 Å². The fraction of sp³-hybridized carbons (Fsp3) is 0.818. The van der Waals surface area contributed by atoms with Gasteiger partial charge in [0.15, 0.2) is 0 Å². The molecular weight excluding hydrogens is 226 g/mol. The number of aliphatic carboxylic acids is 1. The lowest BCUT2D eigenvalue weighted by molar-refractivity contribution is -0.164. The number of alkyl carbamates (subject to hydrolysis) is 1. The largest absolute Gasteiger partial charge is 0.478 e. The Morgan fingerprint density at radius 2 is 1.76 bits per heavy atom. The number of carboxylic acids is 1. The number of aliphatic hydroxyl groups is 1. The van der Waals surface area contributed by atoms with E-state index < -0.39 is 23.4 Å². The molecule has 1 atom stereocenters. The van der Waals surface area contributed by atoms with Crippen molar-refractivity contribution < 1.29 is 24.5 Å². The Kier molecular flexibility index (Phi) is 4.94. The number of carboxylic acid groups (broad SMARTS) is 1. The van der Waals surface area contributed by atoms with Crippen molar-refractivity contribution in [2.45, 2.75) is 52.4 Å². The molecule has 0 saturated carbocycles. The zero-order valence-corrected chi connectivity index (χ0v) is 10.9. The maximum Gasteiger partial charge on any atom is 0.410 e. The van der Waals surface area contributed by atoms with Crippen molar-refractivity contribution in [2.75, 3.05) is 0 Å². The fourth-order valence-electron chi connectivity index (χ4n) is 1.26. The summed E-state index contributed by atoms with van der Waals surface area (Å²) in [6, 6.07) is 0. The molecule has 0 fully saturated rings. The highest BCUT2D eigenvalue weighted by molar-refractivity contribution is 5.82. The molecule has 0 saturated heterocycles. The fourth-order valence-corrected chi connectivity index (χ4v) is 1.26. The Labute approximate surface area is 101 Å². The monoisotopic (exact) mass is 247 g/mol. The van der Waals surface area contributed by atoms with Crippen molar-refractivity contribution in [3.8, 4) is 0 Å². The molecule has 0 aliphatic rings. The Balaban J connectivity index is 4.67. The molecule has 0 aromatic carbocycles. The number of carbonyl (C=O) groups excluding carboxylic acids is 1. The Hall–Kier alpha value is -1.30. The number of hydrogen-bond donors (Lipinski definition) is 3. The van der Waals surface area contributed by atoms with Gasteiger partial charge in [0.1, 0.15) is 5.60 Å². The number of rotatable bonds is 4. The standard InChI is InChI=1S/C11H21NO5/c1-7(2)6-11(16,8(13)14)12-9(15)17-10(3,4)5/h7,16H,6H2,1-5H3,(H,12,15)(H,13,14). The quantitative estimate of drug-likeness (QED) is 0.651. The molecule has 0 heterocycles. The first-order valence-electron chi connectivity index (χ1n) is 5.43. The van der Waals surface area contributed by atoms with Gasteiger partial charge in [-0.15, -0.1) is 0 Å². The van der Waals surface area contributed by atoms with E-state index in [-0.39, 0.29) is 12.3 Å². The van der Waals surface area contributed by atoms with Gasteiger partial charge in [0.2, 0.25) is 5.72 Å². The number of hydrogen-bond acceptors (Lipinski definition) is 4. The predicted molar refractivity (Wildman–Crippen MR) is 61.4 cm³/mol. The highest BCUT2D eigenvalue weighted by Crippen LogP contribution is 2.16. The Bertz CT molecular complexity index is 295. The molecule has 0 aromatic rings. The molecule has 1 amide bonds. The highest BCUT2D eigenvalue weighted by atomic mass is 16.6. The van der Waals surface area contributed by atoms with E-state index in [1.807, 2.05) is 5.32 Å². The molecule has 100 valence electrons. The van der Waals surface area contributed by atoms with Crippen molar-refractivity contribution in [1.82, 2.24) is 5.32 Å². The van der Waals surface area contributed by atoms with Crippen LogP contribution in [0.2, 0.25) is 0 Å². The number of carbonyl (C=O) groups is 2. The minimum atomic E-state index is -2.30. The molecule has 17 heavy (non-hydrogen) atoms. The van der Waals surface area contributed by atoms with Gasteiger partial charge in [0.05, 0.1) is 0 Å². The van der Waals surface area contributed by atoms with Crippen molar-refractivity contribution in [3.05, 3.63) is 0 Å². The van der Waals surface area contributed by atoms with Crippen LogP contribution in [0.3, 0.4) is 0 Å². The summed E-state index contributed by atoms with van der Waals surface area (Å²) in [6.45, 7) is 8.42. The van der Waals surface area contributed by atoms with Crippen LogP contribution in [0.5, 0.6) is 0 Å². The maximum absolute atomic E-state index is 11.4. The van der Waals surface area contributed by atoms with E-state index in [0.29, 0.717) is 0 Å². The van der Waals surface area contributed by atoms with Gasteiger partial charge in [-0.2, -0.15) is 0 Å². The summed E-state index contributed by atoms with van der Waals surface area (Å²) in [5.74, 6) is -1.59. The summed E-state index contributed by atoms with van der Waals surface area (Å²) >= 11 is 0. The predicted octanol–water partition coefficient (Wildman–Crippen LogP) is 1.33. The Morgan fingerprint density at radius 1 is 1.29 bits per heavy atom. The number of nitrogens with one attached hydrogen (secondary N) is 1. The van der Waals surface area contributed by atoms with E-state index in [9.17, 15) is 14.7 Å². The maximum atomic E-state index is 11.4. The third-order valence-corrected chi connectivity index (χ3v) is 1.77. The molecule has 0 aliphatic carbocycles. The summed E-state index contributed by atoms with van der Waals surface area (Å²) in [5.41, 5.74) is -3.04. The topological polar surface area (TPSA) is 95.9 Å². The normalized spacial score (nSPS) is 15.2. The lowest BCUT2D eigenvalue weighted by Crippen LogP contribution is -2.56. The third-order valence-electron chi connectivity index (χ3n) is 1.77. The first kappa shape index (κ1) is 15.7. The molecule has 0 spiro atoms. The third kappa shape index (κ3) is 6.11. The van der Waals surface area contributed by atoms with Gasteiger partial charge < -0.3 is 14.9 Å². The molecule has 0 aliphatic heterocycles. The van der Waals surface area contributed by atoms with Gasteiger partial charge in [0.25, 0.3) is 0 Å². The van der Waals surface area contributed by atoms with Crippen LogP contribution in [-0.2, 0) is 9.53 Å². The van der Waals surface area contributed by atoms with E-state index in [1.165, 1.54) is 0 Å². The second kappa shape index (κ2) is 5.35. The molecule has 0 aromatic heterocycles. The molecular formula is C11H21NO5. The lowest BCUT2D eigenvalue weighted by Gasteiger charge is -2.28. The van der Waals surface area contributed by atoms with Crippen LogP contribution in [0.1, 0.15) is 41.0 Å². The second-order valence-corrected chi connectivity index (χ2v) is 5.39. The van der Waals surface area contributed by atoms with Crippen LogP contribution in [0.25, 0.3) is 0 Å². The first-order chi connectivity index (χ1) is 7.46. The summed E-state index contributed by atoms with van der Waals surface area (Å²) in [4.78, 5) is 22.3. The van der Waals surface area contributed by atoms with Crippen LogP contribution < -0.4 is 5.32 Å². The van der Waals surface area contributed by atoms with E-state index in [0.717, 1.165) is 0 Å².